The molecule has 2 rings (SSSR count). The number of hydrogen-bond donors (Lipinski definition) is 1. The maximum Gasteiger partial charge on any atom is 0.332 e. The number of unbranched alkanes of at least 4 members (excludes halogenated alkanes) is 1. The summed E-state index contributed by atoms with van der Waals surface area (Å²) in [6.07, 6.45) is 3.65. The van der Waals surface area contributed by atoms with E-state index in [1.807, 2.05) is 6.92 Å². The van der Waals surface area contributed by atoms with Gasteiger partial charge in [0, 0.05) is 26.7 Å². The summed E-state index contributed by atoms with van der Waals surface area (Å²) in [5.41, 5.74) is 0.483. The molecule has 0 radical (unpaired) electrons. The minimum absolute atomic E-state index is 0.145. The third-order valence-corrected chi connectivity index (χ3v) is 3.68. The van der Waals surface area contributed by atoms with Gasteiger partial charge in [-0.25, -0.2) is 9.78 Å². The molecule has 0 spiro atoms. The van der Waals surface area contributed by atoms with E-state index < -0.39 is 11.2 Å². The predicted molar refractivity (Wildman–Crippen MR) is 85.1 cm³/mol. The van der Waals surface area contributed by atoms with E-state index in [0.717, 1.165) is 17.4 Å². The van der Waals surface area contributed by atoms with Crippen LogP contribution in [0.2, 0.25) is 0 Å². The molecule has 0 atom stereocenters. The number of amides is 1. The molecule has 0 aliphatic heterocycles. The topological polar surface area (TPSA) is 86.0 Å². The molecule has 0 bridgehead atoms. The second-order valence-electron chi connectivity index (χ2n) is 5.37. The molecule has 1 N–H and O–H groups in total. The summed E-state index contributed by atoms with van der Waals surface area (Å²) in [7, 11) is 2.96. The molecule has 7 nitrogen and oxygen atoms in total. The van der Waals surface area contributed by atoms with Crippen molar-refractivity contribution >= 4 is 22.6 Å². The quantitative estimate of drug-likeness (QED) is 0.915. The van der Waals surface area contributed by atoms with Crippen molar-refractivity contribution in [3.63, 3.8) is 0 Å². The Kier molecular flexibility index (Phi) is 4.44. The Morgan fingerprint density at radius 3 is 2.59 bits per heavy atom. The first-order valence-corrected chi connectivity index (χ1v) is 7.23. The monoisotopic (exact) mass is 304 g/mol. The zero-order chi connectivity index (χ0) is 16.4. The number of hydrogen-bond acceptors (Lipinski definition) is 4. The van der Waals surface area contributed by atoms with Gasteiger partial charge in [-0.15, -0.1) is 0 Å². The van der Waals surface area contributed by atoms with E-state index in [1.165, 1.54) is 11.6 Å². The van der Waals surface area contributed by atoms with E-state index in [0.29, 0.717) is 17.7 Å². The van der Waals surface area contributed by atoms with E-state index in [4.69, 9.17) is 0 Å². The molecule has 0 aliphatic carbocycles. The van der Waals surface area contributed by atoms with Crippen molar-refractivity contribution in [2.75, 3.05) is 5.32 Å². The van der Waals surface area contributed by atoms with Crippen molar-refractivity contribution in [2.45, 2.75) is 33.1 Å². The van der Waals surface area contributed by atoms with Crippen LogP contribution in [0.5, 0.6) is 0 Å². The van der Waals surface area contributed by atoms with E-state index >= 15 is 0 Å². The highest BCUT2D eigenvalue weighted by molar-refractivity contribution is 6.00. The van der Waals surface area contributed by atoms with Crippen LogP contribution in [0.25, 0.3) is 11.0 Å². The summed E-state index contributed by atoms with van der Waals surface area (Å²) >= 11 is 0. The molecule has 118 valence electrons. The Labute approximate surface area is 127 Å². The molecule has 0 saturated carbocycles. The van der Waals surface area contributed by atoms with Crippen LogP contribution in [0.4, 0.5) is 5.69 Å². The predicted octanol–water partition coefficient (Wildman–Crippen LogP) is 1.07. The van der Waals surface area contributed by atoms with Crippen molar-refractivity contribution in [1.29, 1.82) is 0 Å². The average Bonchev–Trinajstić information content (AvgIpc) is 2.50. The van der Waals surface area contributed by atoms with E-state index in [2.05, 4.69) is 10.3 Å². The number of fused-ring (bicyclic) bond motifs is 1. The Hall–Kier alpha value is -2.44. The second kappa shape index (κ2) is 6.13. The van der Waals surface area contributed by atoms with Crippen LogP contribution >= 0.6 is 0 Å². The first-order chi connectivity index (χ1) is 10.4. The largest absolute Gasteiger partial charge is 0.332 e. The fourth-order valence-corrected chi connectivity index (χ4v) is 2.32. The minimum atomic E-state index is -0.458. The molecule has 1 amide bonds. The highest BCUT2D eigenvalue weighted by Crippen LogP contribution is 2.21. The standard InChI is InChI=1S/C15H20N4O3/c1-5-6-7-10(20)17-12-9(2)8-16-13-11(12)14(21)19(4)15(22)18(13)3/h8H,5-7H2,1-4H3,(H,16,17,20). The van der Waals surface area contributed by atoms with Gasteiger partial charge in [-0.05, 0) is 18.9 Å². The number of rotatable bonds is 4. The lowest BCUT2D eigenvalue weighted by atomic mass is 10.1. The number of carbonyl (C=O) groups is 1. The molecule has 0 aromatic carbocycles. The number of aryl methyl sites for hydroxylation is 2. The third-order valence-electron chi connectivity index (χ3n) is 3.68. The van der Waals surface area contributed by atoms with E-state index in [1.54, 1.807) is 20.2 Å². The third kappa shape index (κ3) is 2.66. The van der Waals surface area contributed by atoms with Crippen molar-refractivity contribution < 1.29 is 4.79 Å². The molecule has 22 heavy (non-hydrogen) atoms. The number of pyridine rings is 1. The summed E-state index contributed by atoms with van der Waals surface area (Å²) < 4.78 is 2.32. The average molecular weight is 304 g/mol. The normalized spacial score (nSPS) is 10.9. The fraction of sp³-hybridized carbons (Fsp3) is 0.467. The van der Waals surface area contributed by atoms with Gasteiger partial charge in [-0.2, -0.15) is 0 Å². The van der Waals surface area contributed by atoms with Gasteiger partial charge in [-0.3, -0.25) is 18.7 Å². The number of aromatic nitrogens is 3. The number of carbonyl (C=O) groups excluding carboxylic acids is 1. The van der Waals surface area contributed by atoms with Gasteiger partial charge >= 0.3 is 5.69 Å². The van der Waals surface area contributed by atoms with Crippen LogP contribution in [0.15, 0.2) is 15.8 Å². The van der Waals surface area contributed by atoms with Crippen LogP contribution in [-0.2, 0) is 18.9 Å². The summed E-state index contributed by atoms with van der Waals surface area (Å²) in [5.74, 6) is -0.145. The summed E-state index contributed by atoms with van der Waals surface area (Å²) in [5, 5.41) is 3.05. The van der Waals surface area contributed by atoms with Crippen molar-refractivity contribution in [1.82, 2.24) is 14.1 Å². The molecule has 0 saturated heterocycles. The van der Waals surface area contributed by atoms with Gasteiger partial charge in [-0.1, -0.05) is 13.3 Å². The Balaban J connectivity index is 2.68. The van der Waals surface area contributed by atoms with Gasteiger partial charge in [0.25, 0.3) is 5.56 Å². The molecule has 0 aliphatic rings. The zero-order valence-corrected chi connectivity index (χ0v) is 13.3. The number of nitrogens with zero attached hydrogens (tertiary/aromatic N) is 3. The lowest BCUT2D eigenvalue weighted by Crippen LogP contribution is -2.37. The second-order valence-corrected chi connectivity index (χ2v) is 5.37. The number of nitrogens with one attached hydrogen (secondary N) is 1. The SMILES string of the molecule is CCCCC(=O)Nc1c(C)cnc2c1c(=O)n(C)c(=O)n2C. The van der Waals surface area contributed by atoms with Gasteiger partial charge in [0.05, 0.1) is 5.69 Å². The molecular weight excluding hydrogens is 284 g/mol. The molecule has 0 unspecified atom stereocenters. The van der Waals surface area contributed by atoms with Gasteiger partial charge in [0.15, 0.2) is 5.65 Å². The lowest BCUT2D eigenvalue weighted by molar-refractivity contribution is -0.116. The van der Waals surface area contributed by atoms with Crippen LogP contribution < -0.4 is 16.6 Å². The lowest BCUT2D eigenvalue weighted by Gasteiger charge is -2.13. The molecule has 2 heterocycles. The van der Waals surface area contributed by atoms with Crippen LogP contribution in [0, 0.1) is 6.92 Å². The smallest absolute Gasteiger partial charge is 0.325 e. The fourth-order valence-electron chi connectivity index (χ4n) is 2.32. The molecule has 0 fully saturated rings. The van der Waals surface area contributed by atoms with Crippen LogP contribution in [0.3, 0.4) is 0 Å². The maximum absolute atomic E-state index is 12.4. The van der Waals surface area contributed by atoms with Crippen molar-refractivity contribution in [2.24, 2.45) is 14.1 Å². The molecular formula is C15H20N4O3. The first kappa shape index (κ1) is 15.9. The Morgan fingerprint density at radius 1 is 1.27 bits per heavy atom. The maximum atomic E-state index is 12.4. The minimum Gasteiger partial charge on any atom is -0.325 e. The van der Waals surface area contributed by atoms with Crippen molar-refractivity contribution in [3.8, 4) is 0 Å². The van der Waals surface area contributed by atoms with E-state index in [-0.39, 0.29) is 16.9 Å². The van der Waals surface area contributed by atoms with Gasteiger partial charge < -0.3 is 5.32 Å². The summed E-state index contributed by atoms with van der Waals surface area (Å²) in [6.45, 7) is 3.78. The molecule has 2 aromatic heterocycles. The highest BCUT2D eigenvalue weighted by Gasteiger charge is 2.17. The van der Waals surface area contributed by atoms with E-state index in [9.17, 15) is 14.4 Å². The van der Waals surface area contributed by atoms with Crippen molar-refractivity contribution in [3.05, 3.63) is 32.6 Å². The first-order valence-electron chi connectivity index (χ1n) is 7.23. The Morgan fingerprint density at radius 2 is 1.95 bits per heavy atom. The number of anilines is 1. The van der Waals surface area contributed by atoms with Crippen LogP contribution in [0.1, 0.15) is 31.7 Å². The Bertz CT molecular complexity index is 848. The van der Waals surface area contributed by atoms with Gasteiger partial charge in [0.2, 0.25) is 5.91 Å². The molecule has 2 aromatic rings. The summed E-state index contributed by atoms with van der Waals surface area (Å²) in [4.78, 5) is 40.6. The summed E-state index contributed by atoms with van der Waals surface area (Å²) in [6, 6.07) is 0. The molecule has 7 heteroatoms. The van der Waals surface area contributed by atoms with Crippen LogP contribution in [-0.4, -0.2) is 20.0 Å². The highest BCUT2D eigenvalue weighted by atomic mass is 16.2. The zero-order valence-electron chi connectivity index (χ0n) is 13.3. The van der Waals surface area contributed by atoms with Gasteiger partial charge in [0.1, 0.15) is 5.39 Å².